The molecule has 0 aliphatic heterocycles. The van der Waals surface area contributed by atoms with Gasteiger partial charge in [0.25, 0.3) is 0 Å². The van der Waals surface area contributed by atoms with Gasteiger partial charge >= 0.3 is 0 Å². The van der Waals surface area contributed by atoms with E-state index in [2.05, 4.69) is 11.1 Å². The minimum absolute atomic E-state index is 0.597. The number of hydrogen-bond acceptors (Lipinski definition) is 3. The fourth-order valence-electron chi connectivity index (χ4n) is 3.02. The van der Waals surface area contributed by atoms with Gasteiger partial charge in [-0.25, -0.2) is 9.97 Å². The van der Waals surface area contributed by atoms with Gasteiger partial charge in [-0.1, -0.05) is 18.2 Å². The summed E-state index contributed by atoms with van der Waals surface area (Å²) in [6.07, 6.45) is 6.22. The van der Waals surface area contributed by atoms with Gasteiger partial charge in [0.05, 0.1) is 16.8 Å². The predicted octanol–water partition coefficient (Wildman–Crippen LogP) is 3.17. The van der Waals surface area contributed by atoms with Gasteiger partial charge in [0.1, 0.15) is 12.4 Å². The van der Waals surface area contributed by atoms with Crippen LogP contribution in [0.15, 0.2) is 36.7 Å². The van der Waals surface area contributed by atoms with Crippen LogP contribution in [0.1, 0.15) is 29.8 Å². The summed E-state index contributed by atoms with van der Waals surface area (Å²) in [4.78, 5) is 9.20. The molecule has 0 bridgehead atoms. The van der Waals surface area contributed by atoms with Crippen LogP contribution >= 0.6 is 0 Å². The van der Waals surface area contributed by atoms with Gasteiger partial charge < -0.3 is 0 Å². The monoisotopic (exact) mass is 274 g/mol. The maximum absolute atomic E-state index is 9.46. The predicted molar refractivity (Wildman–Crippen MR) is 80.2 cm³/mol. The molecular weight excluding hydrogens is 260 g/mol. The molecule has 1 aliphatic rings. The molecule has 2 heterocycles. The van der Waals surface area contributed by atoms with Crippen molar-refractivity contribution in [3.05, 3.63) is 53.6 Å². The molecular formula is C17H14N4. The molecule has 0 saturated carbocycles. The van der Waals surface area contributed by atoms with Gasteiger partial charge in [-0.05, 0) is 37.8 Å². The van der Waals surface area contributed by atoms with Crippen molar-refractivity contribution in [3.8, 4) is 11.9 Å². The zero-order chi connectivity index (χ0) is 14.2. The summed E-state index contributed by atoms with van der Waals surface area (Å²) in [6, 6.07) is 12.1. The number of rotatable bonds is 1. The number of aryl methyl sites for hydroxylation is 1. The van der Waals surface area contributed by atoms with Crippen molar-refractivity contribution in [1.82, 2.24) is 14.5 Å². The lowest BCUT2D eigenvalue weighted by Gasteiger charge is -2.14. The van der Waals surface area contributed by atoms with Crippen molar-refractivity contribution >= 4 is 10.9 Å². The quantitative estimate of drug-likeness (QED) is 0.685. The fourth-order valence-corrected chi connectivity index (χ4v) is 3.02. The summed E-state index contributed by atoms with van der Waals surface area (Å²) in [7, 11) is 0. The zero-order valence-electron chi connectivity index (χ0n) is 11.6. The van der Waals surface area contributed by atoms with Crippen molar-refractivity contribution in [1.29, 1.82) is 5.26 Å². The molecule has 0 fully saturated rings. The van der Waals surface area contributed by atoms with Crippen LogP contribution in [0.5, 0.6) is 0 Å². The van der Waals surface area contributed by atoms with E-state index in [1.54, 1.807) is 0 Å². The molecule has 0 unspecified atom stereocenters. The lowest BCUT2D eigenvalue weighted by molar-refractivity contribution is 0.654. The molecule has 0 N–H and O–H groups in total. The third-order valence-corrected chi connectivity index (χ3v) is 4.08. The highest BCUT2D eigenvalue weighted by molar-refractivity contribution is 5.81. The van der Waals surface area contributed by atoms with Gasteiger partial charge in [0.15, 0.2) is 5.82 Å². The van der Waals surface area contributed by atoms with E-state index in [-0.39, 0.29) is 0 Å². The number of para-hydroxylation sites is 1. The van der Waals surface area contributed by atoms with Gasteiger partial charge in [-0.2, -0.15) is 5.26 Å². The number of hydrogen-bond donors (Lipinski definition) is 0. The topological polar surface area (TPSA) is 54.5 Å². The second-order valence-corrected chi connectivity index (χ2v) is 5.38. The Morgan fingerprint density at radius 1 is 1.14 bits per heavy atom. The number of nitrogens with zero attached hydrogens (tertiary/aromatic N) is 4. The van der Waals surface area contributed by atoms with E-state index in [0.717, 1.165) is 29.4 Å². The minimum Gasteiger partial charge on any atom is -0.286 e. The molecule has 3 aromatic rings. The molecule has 1 aromatic carbocycles. The molecule has 4 heteroatoms. The van der Waals surface area contributed by atoms with Crippen LogP contribution in [0.3, 0.4) is 0 Å². The molecule has 4 nitrogen and oxygen atoms in total. The molecule has 4 rings (SSSR count). The molecule has 0 amide bonds. The summed E-state index contributed by atoms with van der Waals surface area (Å²) >= 11 is 0. The van der Waals surface area contributed by atoms with Gasteiger partial charge in [-0.15, -0.1) is 0 Å². The number of fused-ring (bicyclic) bond motifs is 2. The third kappa shape index (κ3) is 1.90. The second-order valence-electron chi connectivity index (χ2n) is 5.38. The Morgan fingerprint density at radius 3 is 2.90 bits per heavy atom. The Morgan fingerprint density at radius 2 is 2.00 bits per heavy atom. The summed E-state index contributed by atoms with van der Waals surface area (Å²) in [5.74, 6) is 0.701. The fraction of sp³-hybridized carbons (Fsp3) is 0.235. The highest BCUT2D eigenvalue weighted by atomic mass is 15.1. The van der Waals surface area contributed by atoms with E-state index in [1.807, 2.05) is 41.2 Å². The van der Waals surface area contributed by atoms with Gasteiger partial charge in [-0.3, -0.25) is 4.57 Å². The lowest BCUT2D eigenvalue weighted by atomic mass is 10.0. The number of pyridine rings is 1. The highest BCUT2D eigenvalue weighted by Crippen LogP contribution is 2.25. The number of imidazole rings is 1. The Labute approximate surface area is 122 Å². The van der Waals surface area contributed by atoms with E-state index >= 15 is 0 Å². The molecule has 1 aliphatic carbocycles. The van der Waals surface area contributed by atoms with E-state index < -0.39 is 0 Å². The molecule has 0 atom stereocenters. The average Bonchev–Trinajstić information content (AvgIpc) is 2.97. The van der Waals surface area contributed by atoms with Gasteiger partial charge in [0, 0.05) is 11.1 Å². The minimum atomic E-state index is 0.597. The largest absolute Gasteiger partial charge is 0.286 e. The molecule has 0 saturated heterocycles. The third-order valence-electron chi connectivity index (χ3n) is 4.08. The standard InChI is InChI=1S/C17H14N4/c18-10-13-9-12-5-1-2-6-14(12)20-17(13)21-11-19-15-7-3-4-8-16(15)21/h1-2,5-6,9,11H,3-4,7-8H2. The Bertz CT molecular complexity index is 870. The first-order valence-electron chi connectivity index (χ1n) is 7.22. The van der Waals surface area contributed by atoms with E-state index in [0.29, 0.717) is 11.4 Å². The number of nitriles is 1. The zero-order valence-corrected chi connectivity index (χ0v) is 11.6. The van der Waals surface area contributed by atoms with Crippen molar-refractivity contribution in [2.24, 2.45) is 0 Å². The first kappa shape index (κ1) is 12.1. The first-order valence-corrected chi connectivity index (χ1v) is 7.22. The van der Waals surface area contributed by atoms with Crippen molar-refractivity contribution in [3.63, 3.8) is 0 Å². The summed E-state index contributed by atoms with van der Waals surface area (Å²) in [5, 5.41) is 10.4. The number of aromatic nitrogens is 3. The average molecular weight is 274 g/mol. The Hall–Kier alpha value is -2.67. The molecule has 21 heavy (non-hydrogen) atoms. The normalized spacial score (nSPS) is 13.9. The number of benzene rings is 1. The van der Waals surface area contributed by atoms with Crippen LogP contribution in [-0.2, 0) is 12.8 Å². The van der Waals surface area contributed by atoms with Crippen molar-refractivity contribution in [2.75, 3.05) is 0 Å². The van der Waals surface area contributed by atoms with Crippen LogP contribution in [0.25, 0.3) is 16.7 Å². The Kier molecular flexibility index (Phi) is 2.71. The van der Waals surface area contributed by atoms with Gasteiger partial charge in [0.2, 0.25) is 0 Å². The van der Waals surface area contributed by atoms with Crippen LogP contribution in [-0.4, -0.2) is 14.5 Å². The maximum atomic E-state index is 9.46. The van der Waals surface area contributed by atoms with Crippen LogP contribution < -0.4 is 0 Å². The van der Waals surface area contributed by atoms with E-state index in [9.17, 15) is 5.26 Å². The van der Waals surface area contributed by atoms with E-state index in [4.69, 9.17) is 4.98 Å². The van der Waals surface area contributed by atoms with Crippen molar-refractivity contribution in [2.45, 2.75) is 25.7 Å². The van der Waals surface area contributed by atoms with Crippen LogP contribution in [0, 0.1) is 11.3 Å². The smallest absolute Gasteiger partial charge is 0.156 e. The molecule has 0 spiro atoms. The summed E-state index contributed by atoms with van der Waals surface area (Å²) in [6.45, 7) is 0. The highest BCUT2D eigenvalue weighted by Gasteiger charge is 2.18. The van der Waals surface area contributed by atoms with Crippen LogP contribution in [0.4, 0.5) is 0 Å². The molecule has 102 valence electrons. The van der Waals surface area contributed by atoms with E-state index in [1.165, 1.54) is 18.5 Å². The SMILES string of the molecule is N#Cc1cc2ccccc2nc1-n1cnc2c1CCCC2. The second kappa shape index (κ2) is 4.71. The molecule has 0 radical (unpaired) electrons. The van der Waals surface area contributed by atoms with Crippen LogP contribution in [0.2, 0.25) is 0 Å². The Balaban J connectivity index is 1.97. The summed E-state index contributed by atoms with van der Waals surface area (Å²) in [5.41, 5.74) is 3.87. The summed E-state index contributed by atoms with van der Waals surface area (Å²) < 4.78 is 2.00. The van der Waals surface area contributed by atoms with Crippen molar-refractivity contribution < 1.29 is 0 Å². The molecule has 2 aromatic heterocycles. The maximum Gasteiger partial charge on any atom is 0.156 e. The first-order chi connectivity index (χ1) is 10.4. The lowest BCUT2D eigenvalue weighted by Crippen LogP contribution is -2.09.